The number of hydrogen-bond acceptors (Lipinski definition) is 2. The largest absolute Gasteiger partial charge is 0.388 e. The van der Waals surface area contributed by atoms with Crippen LogP contribution in [0.4, 0.5) is 0 Å². The molecule has 4 heteroatoms. The first-order chi connectivity index (χ1) is 6.00. The molecule has 1 aromatic rings. The SMILES string of the molecule is CC(C)CC(O)c1cc(Cl)sc1Cl. The molecular weight excluding hydrogens is 227 g/mol. The van der Waals surface area contributed by atoms with Crippen molar-refractivity contribution < 1.29 is 5.11 Å². The molecule has 1 heterocycles. The smallest absolute Gasteiger partial charge is 0.100 e. The molecule has 0 aliphatic carbocycles. The van der Waals surface area contributed by atoms with Crippen LogP contribution >= 0.6 is 34.5 Å². The van der Waals surface area contributed by atoms with Gasteiger partial charge in [0.15, 0.2) is 0 Å². The summed E-state index contributed by atoms with van der Waals surface area (Å²) in [5.41, 5.74) is 0.755. The van der Waals surface area contributed by atoms with Crippen LogP contribution in [0.5, 0.6) is 0 Å². The van der Waals surface area contributed by atoms with E-state index in [0.717, 1.165) is 5.56 Å². The molecule has 74 valence electrons. The van der Waals surface area contributed by atoms with Gasteiger partial charge in [-0.15, -0.1) is 11.3 Å². The molecule has 0 aliphatic rings. The fourth-order valence-electron chi connectivity index (χ4n) is 1.15. The predicted octanol–water partition coefficient (Wildman–Crippen LogP) is 4.13. The summed E-state index contributed by atoms with van der Waals surface area (Å²) in [7, 11) is 0. The van der Waals surface area contributed by atoms with E-state index in [1.807, 2.05) is 0 Å². The fourth-order valence-corrected chi connectivity index (χ4v) is 2.72. The lowest BCUT2D eigenvalue weighted by Gasteiger charge is -2.11. The van der Waals surface area contributed by atoms with Gasteiger partial charge in [0, 0.05) is 5.56 Å². The topological polar surface area (TPSA) is 20.2 Å². The Labute approximate surface area is 92.3 Å². The predicted molar refractivity (Wildman–Crippen MR) is 58.8 cm³/mol. The maximum atomic E-state index is 9.75. The summed E-state index contributed by atoms with van der Waals surface area (Å²) in [5.74, 6) is 0.449. The first kappa shape index (κ1) is 11.3. The summed E-state index contributed by atoms with van der Waals surface area (Å²) in [6.07, 6.45) is 0.225. The van der Waals surface area contributed by atoms with Crippen LogP contribution in [0.15, 0.2) is 6.07 Å². The second-order valence-corrected chi connectivity index (χ2v) is 5.71. The van der Waals surface area contributed by atoms with E-state index in [1.165, 1.54) is 11.3 Å². The van der Waals surface area contributed by atoms with Crippen molar-refractivity contribution in [1.29, 1.82) is 0 Å². The molecule has 13 heavy (non-hydrogen) atoms. The van der Waals surface area contributed by atoms with E-state index in [4.69, 9.17) is 23.2 Å². The molecule has 0 fully saturated rings. The zero-order chi connectivity index (χ0) is 10.0. The summed E-state index contributed by atoms with van der Waals surface area (Å²) >= 11 is 13.0. The van der Waals surface area contributed by atoms with E-state index in [2.05, 4.69) is 13.8 Å². The first-order valence-electron chi connectivity index (χ1n) is 4.13. The standard InChI is InChI=1S/C9H12Cl2OS/c1-5(2)3-7(12)6-4-8(10)13-9(6)11/h4-5,7,12H,3H2,1-2H3. The molecule has 1 nitrogen and oxygen atoms in total. The Morgan fingerprint density at radius 1 is 1.46 bits per heavy atom. The number of aliphatic hydroxyl groups excluding tert-OH is 1. The van der Waals surface area contributed by atoms with Crippen LogP contribution < -0.4 is 0 Å². The summed E-state index contributed by atoms with van der Waals surface area (Å²) in [6, 6.07) is 1.74. The Kier molecular flexibility index (Phi) is 4.05. The molecule has 0 amide bonds. The van der Waals surface area contributed by atoms with Gasteiger partial charge in [0.05, 0.1) is 10.4 Å². The molecule has 1 aromatic heterocycles. The average molecular weight is 239 g/mol. The van der Waals surface area contributed by atoms with Gasteiger partial charge in [-0.05, 0) is 18.4 Å². The molecule has 1 N–H and O–H groups in total. The maximum absolute atomic E-state index is 9.75. The van der Waals surface area contributed by atoms with Crippen molar-refractivity contribution in [3.8, 4) is 0 Å². The van der Waals surface area contributed by atoms with E-state index in [-0.39, 0.29) is 0 Å². The van der Waals surface area contributed by atoms with Gasteiger partial charge in [-0.3, -0.25) is 0 Å². The fraction of sp³-hybridized carbons (Fsp3) is 0.556. The summed E-state index contributed by atoms with van der Waals surface area (Å²) in [6.45, 7) is 4.12. The van der Waals surface area contributed by atoms with Crippen LogP contribution in [0.2, 0.25) is 8.67 Å². The Morgan fingerprint density at radius 2 is 2.08 bits per heavy atom. The van der Waals surface area contributed by atoms with Crippen molar-refractivity contribution in [2.24, 2.45) is 5.92 Å². The summed E-state index contributed by atoms with van der Waals surface area (Å²) < 4.78 is 1.22. The van der Waals surface area contributed by atoms with Gasteiger partial charge in [-0.25, -0.2) is 0 Å². The maximum Gasteiger partial charge on any atom is 0.100 e. The molecule has 0 aromatic carbocycles. The Morgan fingerprint density at radius 3 is 2.46 bits per heavy atom. The molecule has 1 unspecified atom stereocenters. The second kappa shape index (κ2) is 4.65. The van der Waals surface area contributed by atoms with Crippen molar-refractivity contribution >= 4 is 34.5 Å². The quantitative estimate of drug-likeness (QED) is 0.840. The average Bonchev–Trinajstić information content (AvgIpc) is 2.28. The van der Waals surface area contributed by atoms with Crippen LogP contribution in [0, 0.1) is 5.92 Å². The van der Waals surface area contributed by atoms with E-state index in [0.29, 0.717) is 21.0 Å². The first-order valence-corrected chi connectivity index (χ1v) is 5.70. The Bertz CT molecular complexity index is 283. The van der Waals surface area contributed by atoms with E-state index in [9.17, 15) is 5.11 Å². The van der Waals surface area contributed by atoms with Crippen LogP contribution in [0.25, 0.3) is 0 Å². The molecule has 0 saturated heterocycles. The zero-order valence-corrected chi connectivity index (χ0v) is 9.88. The minimum Gasteiger partial charge on any atom is -0.388 e. The lowest BCUT2D eigenvalue weighted by Crippen LogP contribution is -2.00. The lowest BCUT2D eigenvalue weighted by atomic mass is 10.0. The summed E-state index contributed by atoms with van der Waals surface area (Å²) in [4.78, 5) is 0. The van der Waals surface area contributed by atoms with Gasteiger partial charge >= 0.3 is 0 Å². The molecule has 0 bridgehead atoms. The highest BCUT2D eigenvalue weighted by molar-refractivity contribution is 7.20. The third kappa shape index (κ3) is 3.13. The minimum atomic E-state index is -0.490. The second-order valence-electron chi connectivity index (χ2n) is 3.42. The number of halogens is 2. The Balaban J connectivity index is 2.76. The summed E-state index contributed by atoms with van der Waals surface area (Å²) in [5, 5.41) is 9.75. The van der Waals surface area contributed by atoms with Crippen LogP contribution in [-0.2, 0) is 0 Å². The minimum absolute atomic E-state index is 0.449. The van der Waals surface area contributed by atoms with Crippen LogP contribution in [0.1, 0.15) is 31.9 Å². The third-order valence-electron chi connectivity index (χ3n) is 1.74. The molecule has 1 rings (SSSR count). The molecule has 0 radical (unpaired) electrons. The lowest BCUT2D eigenvalue weighted by molar-refractivity contribution is 0.151. The van der Waals surface area contributed by atoms with E-state index >= 15 is 0 Å². The number of rotatable bonds is 3. The van der Waals surface area contributed by atoms with Crippen molar-refractivity contribution in [2.45, 2.75) is 26.4 Å². The highest BCUT2D eigenvalue weighted by Gasteiger charge is 2.15. The Hall–Kier alpha value is 0.240. The molecule has 0 aliphatic heterocycles. The van der Waals surface area contributed by atoms with Gasteiger partial charge in [-0.2, -0.15) is 0 Å². The molecule has 1 atom stereocenters. The van der Waals surface area contributed by atoms with Gasteiger partial charge in [-0.1, -0.05) is 37.0 Å². The van der Waals surface area contributed by atoms with Crippen LogP contribution in [0.3, 0.4) is 0 Å². The third-order valence-corrected chi connectivity index (χ3v) is 3.25. The zero-order valence-electron chi connectivity index (χ0n) is 7.55. The van der Waals surface area contributed by atoms with Crippen molar-refractivity contribution in [3.05, 3.63) is 20.3 Å². The number of aliphatic hydroxyl groups is 1. The van der Waals surface area contributed by atoms with Gasteiger partial charge < -0.3 is 5.11 Å². The van der Waals surface area contributed by atoms with Crippen molar-refractivity contribution in [3.63, 3.8) is 0 Å². The molecular formula is C9H12Cl2OS. The molecule has 0 saturated carbocycles. The van der Waals surface area contributed by atoms with E-state index < -0.39 is 6.10 Å². The van der Waals surface area contributed by atoms with Gasteiger partial charge in [0.1, 0.15) is 4.34 Å². The number of thiophene rings is 1. The molecule has 0 spiro atoms. The monoisotopic (exact) mass is 238 g/mol. The normalized spacial score (nSPS) is 13.7. The van der Waals surface area contributed by atoms with Gasteiger partial charge in [0.2, 0.25) is 0 Å². The van der Waals surface area contributed by atoms with Crippen molar-refractivity contribution in [1.82, 2.24) is 0 Å². The van der Waals surface area contributed by atoms with Crippen molar-refractivity contribution in [2.75, 3.05) is 0 Å². The van der Waals surface area contributed by atoms with E-state index in [1.54, 1.807) is 6.07 Å². The van der Waals surface area contributed by atoms with Crippen LogP contribution in [-0.4, -0.2) is 5.11 Å². The number of hydrogen-bond donors (Lipinski definition) is 1. The highest BCUT2D eigenvalue weighted by Crippen LogP contribution is 2.36. The highest BCUT2D eigenvalue weighted by atomic mass is 35.5. The van der Waals surface area contributed by atoms with Gasteiger partial charge in [0.25, 0.3) is 0 Å².